The number of hydrogen-bond donors (Lipinski definition) is 1. The van der Waals surface area contributed by atoms with Gasteiger partial charge in [-0.15, -0.1) is 0 Å². The Balaban J connectivity index is 2.16. The first-order chi connectivity index (χ1) is 5.34. The Morgan fingerprint density at radius 3 is 2.73 bits per heavy atom. The first-order valence-electron chi connectivity index (χ1n) is 4.25. The number of carbonyl (C=O) groups is 1. The monoisotopic (exact) mass is 156 g/mol. The Morgan fingerprint density at radius 2 is 2.18 bits per heavy atom. The molecule has 3 heteroatoms. The van der Waals surface area contributed by atoms with Crippen molar-refractivity contribution >= 4 is 6.41 Å². The third-order valence-electron chi connectivity index (χ3n) is 2.26. The molecule has 0 bridgehead atoms. The van der Waals surface area contributed by atoms with Crippen LogP contribution in [0.4, 0.5) is 0 Å². The number of amides is 1. The van der Waals surface area contributed by atoms with Crippen LogP contribution in [0.25, 0.3) is 0 Å². The second-order valence-electron chi connectivity index (χ2n) is 3.12. The van der Waals surface area contributed by atoms with Crippen LogP contribution >= 0.6 is 0 Å². The van der Waals surface area contributed by atoms with Crippen molar-refractivity contribution in [3.63, 3.8) is 0 Å². The Morgan fingerprint density at radius 1 is 1.55 bits per heavy atom. The quantitative estimate of drug-likeness (QED) is 0.590. The molecule has 64 valence electrons. The molecular weight excluding hydrogens is 140 g/mol. The molecule has 11 heavy (non-hydrogen) atoms. The summed E-state index contributed by atoms with van der Waals surface area (Å²) in [6.45, 7) is 5.33. The lowest BCUT2D eigenvalue weighted by Crippen LogP contribution is -2.38. The standard InChI is InChI=1S/C8H16N2O/c1-8(6-9-7-11)10-4-2-3-5-10/h7-8H,2-6H2,1H3,(H,9,11). The average Bonchev–Trinajstić information content (AvgIpc) is 2.52. The van der Waals surface area contributed by atoms with Gasteiger partial charge in [0.15, 0.2) is 0 Å². The zero-order valence-corrected chi connectivity index (χ0v) is 7.05. The summed E-state index contributed by atoms with van der Waals surface area (Å²) >= 11 is 0. The molecule has 0 aromatic rings. The maximum Gasteiger partial charge on any atom is 0.207 e. The fraction of sp³-hybridized carbons (Fsp3) is 0.875. The second-order valence-corrected chi connectivity index (χ2v) is 3.12. The summed E-state index contributed by atoms with van der Waals surface area (Å²) in [5, 5.41) is 2.70. The van der Waals surface area contributed by atoms with E-state index < -0.39 is 0 Å². The number of nitrogens with one attached hydrogen (secondary N) is 1. The summed E-state index contributed by atoms with van der Waals surface area (Å²) in [7, 11) is 0. The van der Waals surface area contributed by atoms with Crippen molar-refractivity contribution in [2.24, 2.45) is 0 Å². The Labute approximate surface area is 67.8 Å². The van der Waals surface area contributed by atoms with E-state index in [1.807, 2.05) is 0 Å². The fourth-order valence-corrected chi connectivity index (χ4v) is 1.53. The van der Waals surface area contributed by atoms with Crippen LogP contribution in [0.15, 0.2) is 0 Å². The minimum atomic E-state index is 0.502. The van der Waals surface area contributed by atoms with E-state index in [2.05, 4.69) is 17.1 Å². The molecule has 0 aromatic carbocycles. The zero-order valence-electron chi connectivity index (χ0n) is 7.05. The third-order valence-corrected chi connectivity index (χ3v) is 2.26. The largest absolute Gasteiger partial charge is 0.357 e. The molecule has 1 amide bonds. The molecule has 1 rings (SSSR count). The van der Waals surface area contributed by atoms with Gasteiger partial charge in [-0.1, -0.05) is 0 Å². The number of likely N-dealkylation sites (tertiary alicyclic amines) is 1. The first kappa shape index (κ1) is 8.53. The van der Waals surface area contributed by atoms with Crippen molar-refractivity contribution in [2.45, 2.75) is 25.8 Å². The number of hydrogen-bond acceptors (Lipinski definition) is 2. The lowest BCUT2D eigenvalue weighted by atomic mass is 10.3. The highest BCUT2D eigenvalue weighted by atomic mass is 16.1. The van der Waals surface area contributed by atoms with E-state index in [-0.39, 0.29) is 0 Å². The van der Waals surface area contributed by atoms with E-state index in [9.17, 15) is 4.79 Å². The van der Waals surface area contributed by atoms with Gasteiger partial charge in [0.25, 0.3) is 0 Å². The van der Waals surface area contributed by atoms with Crippen molar-refractivity contribution in [1.29, 1.82) is 0 Å². The van der Waals surface area contributed by atoms with E-state index >= 15 is 0 Å². The molecule has 1 saturated heterocycles. The molecule has 0 saturated carbocycles. The maximum absolute atomic E-state index is 9.99. The normalized spacial score (nSPS) is 21.5. The van der Waals surface area contributed by atoms with E-state index in [0.717, 1.165) is 13.0 Å². The summed E-state index contributed by atoms with van der Waals surface area (Å²) in [5.41, 5.74) is 0. The van der Waals surface area contributed by atoms with E-state index in [1.54, 1.807) is 0 Å². The van der Waals surface area contributed by atoms with Gasteiger partial charge >= 0.3 is 0 Å². The van der Waals surface area contributed by atoms with Gasteiger partial charge in [-0.3, -0.25) is 9.69 Å². The predicted molar refractivity (Wildman–Crippen MR) is 44.3 cm³/mol. The summed E-state index contributed by atoms with van der Waals surface area (Å²) in [4.78, 5) is 12.4. The molecule has 3 nitrogen and oxygen atoms in total. The summed E-state index contributed by atoms with van der Waals surface area (Å²) in [6.07, 6.45) is 3.39. The lowest BCUT2D eigenvalue weighted by molar-refractivity contribution is -0.109. The summed E-state index contributed by atoms with van der Waals surface area (Å²) < 4.78 is 0. The topological polar surface area (TPSA) is 32.3 Å². The van der Waals surface area contributed by atoms with Gasteiger partial charge < -0.3 is 5.32 Å². The van der Waals surface area contributed by atoms with Gasteiger partial charge in [0.2, 0.25) is 6.41 Å². The molecule has 0 aromatic heterocycles. The Kier molecular flexibility index (Phi) is 3.36. The van der Waals surface area contributed by atoms with Crippen LogP contribution < -0.4 is 5.32 Å². The summed E-state index contributed by atoms with van der Waals surface area (Å²) in [6, 6.07) is 0.502. The van der Waals surface area contributed by atoms with Crippen molar-refractivity contribution in [1.82, 2.24) is 10.2 Å². The molecule has 1 N–H and O–H groups in total. The van der Waals surface area contributed by atoms with Crippen LogP contribution in [0, 0.1) is 0 Å². The molecule has 1 aliphatic heterocycles. The van der Waals surface area contributed by atoms with Crippen molar-refractivity contribution in [3.05, 3.63) is 0 Å². The van der Waals surface area contributed by atoms with Gasteiger partial charge in [-0.2, -0.15) is 0 Å². The highest BCUT2D eigenvalue weighted by Crippen LogP contribution is 2.10. The SMILES string of the molecule is CC(CNC=O)N1CCCC1. The molecule has 1 heterocycles. The first-order valence-corrected chi connectivity index (χ1v) is 4.25. The minimum absolute atomic E-state index is 0.502. The van der Waals surface area contributed by atoms with Gasteiger partial charge in [0, 0.05) is 12.6 Å². The number of rotatable bonds is 4. The fourth-order valence-electron chi connectivity index (χ4n) is 1.53. The van der Waals surface area contributed by atoms with Gasteiger partial charge in [0.05, 0.1) is 0 Å². The zero-order chi connectivity index (χ0) is 8.10. The Hall–Kier alpha value is -0.570. The van der Waals surface area contributed by atoms with Crippen LogP contribution in [0.3, 0.4) is 0 Å². The lowest BCUT2D eigenvalue weighted by Gasteiger charge is -2.22. The second kappa shape index (κ2) is 4.34. The smallest absolute Gasteiger partial charge is 0.207 e. The maximum atomic E-state index is 9.99. The molecular formula is C8H16N2O. The van der Waals surface area contributed by atoms with Crippen molar-refractivity contribution in [2.75, 3.05) is 19.6 Å². The van der Waals surface area contributed by atoms with Crippen LogP contribution in [-0.4, -0.2) is 37.0 Å². The van der Waals surface area contributed by atoms with Crippen molar-refractivity contribution in [3.8, 4) is 0 Å². The van der Waals surface area contributed by atoms with Crippen LogP contribution in [-0.2, 0) is 4.79 Å². The van der Waals surface area contributed by atoms with Gasteiger partial charge in [0.1, 0.15) is 0 Å². The molecule has 1 aliphatic rings. The third kappa shape index (κ3) is 2.50. The number of nitrogens with zero attached hydrogens (tertiary/aromatic N) is 1. The minimum Gasteiger partial charge on any atom is -0.357 e. The molecule has 0 aliphatic carbocycles. The highest BCUT2D eigenvalue weighted by Gasteiger charge is 2.16. The predicted octanol–water partition coefficient (Wildman–Crippen LogP) is 0.217. The average molecular weight is 156 g/mol. The number of carbonyl (C=O) groups excluding carboxylic acids is 1. The van der Waals surface area contributed by atoms with Crippen molar-refractivity contribution < 1.29 is 4.79 Å². The van der Waals surface area contributed by atoms with Crippen LogP contribution in [0.5, 0.6) is 0 Å². The molecule has 1 fully saturated rings. The molecule has 0 spiro atoms. The van der Waals surface area contributed by atoms with Gasteiger partial charge in [-0.25, -0.2) is 0 Å². The van der Waals surface area contributed by atoms with E-state index in [4.69, 9.17) is 0 Å². The summed E-state index contributed by atoms with van der Waals surface area (Å²) in [5.74, 6) is 0. The Bertz CT molecular complexity index is 121. The molecule has 0 radical (unpaired) electrons. The van der Waals surface area contributed by atoms with Crippen LogP contribution in [0.1, 0.15) is 19.8 Å². The molecule has 1 atom stereocenters. The van der Waals surface area contributed by atoms with Crippen LogP contribution in [0.2, 0.25) is 0 Å². The van der Waals surface area contributed by atoms with E-state index in [1.165, 1.54) is 25.9 Å². The van der Waals surface area contributed by atoms with Gasteiger partial charge in [-0.05, 0) is 32.9 Å². The molecule has 1 unspecified atom stereocenters. The van der Waals surface area contributed by atoms with E-state index in [0.29, 0.717) is 6.04 Å². The highest BCUT2D eigenvalue weighted by molar-refractivity contribution is 5.45.